The summed E-state index contributed by atoms with van der Waals surface area (Å²) in [4.78, 5) is 11.9. The van der Waals surface area contributed by atoms with Crippen LogP contribution in [0.3, 0.4) is 0 Å². The van der Waals surface area contributed by atoms with Crippen molar-refractivity contribution in [2.45, 2.75) is 39.2 Å². The van der Waals surface area contributed by atoms with Gasteiger partial charge in [-0.1, -0.05) is 42.0 Å². The molecular formula is C25H28O4. The summed E-state index contributed by atoms with van der Waals surface area (Å²) >= 11 is 0. The van der Waals surface area contributed by atoms with Crippen LogP contribution in [0.25, 0.3) is 11.6 Å². The van der Waals surface area contributed by atoms with Crippen molar-refractivity contribution < 1.29 is 19.4 Å². The van der Waals surface area contributed by atoms with Crippen molar-refractivity contribution in [3.05, 3.63) is 76.9 Å². The van der Waals surface area contributed by atoms with Crippen LogP contribution in [0.4, 0.5) is 0 Å². The highest BCUT2D eigenvalue weighted by atomic mass is 16.6. The van der Waals surface area contributed by atoms with Gasteiger partial charge in [0.15, 0.2) is 0 Å². The molecule has 0 unspecified atom stereocenters. The third-order valence-corrected chi connectivity index (χ3v) is 4.62. The summed E-state index contributed by atoms with van der Waals surface area (Å²) in [5, 5.41) is 9.65. The van der Waals surface area contributed by atoms with Gasteiger partial charge in [0.2, 0.25) is 0 Å². The van der Waals surface area contributed by atoms with E-state index in [1.54, 1.807) is 18.2 Å². The third kappa shape index (κ3) is 6.06. The van der Waals surface area contributed by atoms with E-state index < -0.39 is 5.60 Å². The molecule has 2 aromatic carbocycles. The molecule has 2 aromatic rings. The molecule has 4 heteroatoms. The Balaban J connectivity index is 1.86. The second-order valence-corrected chi connectivity index (χ2v) is 8.13. The minimum Gasteiger partial charge on any atom is -0.508 e. The van der Waals surface area contributed by atoms with Gasteiger partial charge in [0, 0.05) is 6.08 Å². The van der Waals surface area contributed by atoms with E-state index in [0.29, 0.717) is 0 Å². The number of hydrogen-bond acceptors (Lipinski definition) is 4. The fourth-order valence-electron chi connectivity index (χ4n) is 3.33. The predicted molar refractivity (Wildman–Crippen MR) is 116 cm³/mol. The molecule has 1 fully saturated rings. The molecule has 0 atom stereocenters. The Morgan fingerprint density at radius 1 is 0.966 bits per heavy atom. The standard InChI is InChI=1S/C25H28O4/c1-25(2,3)29-23(27)13-6-18-4-7-19(8-5-18)24(21-14-16-28-17-15-21)20-9-11-22(26)12-10-20/h4-13,26H,14-17H2,1-3H3/b13-6+. The highest BCUT2D eigenvalue weighted by molar-refractivity contribution is 5.88. The third-order valence-electron chi connectivity index (χ3n) is 4.62. The van der Waals surface area contributed by atoms with Crippen molar-refractivity contribution in [2.24, 2.45) is 0 Å². The largest absolute Gasteiger partial charge is 0.508 e. The smallest absolute Gasteiger partial charge is 0.331 e. The summed E-state index contributed by atoms with van der Waals surface area (Å²) < 4.78 is 10.8. The van der Waals surface area contributed by atoms with E-state index in [9.17, 15) is 9.90 Å². The maximum absolute atomic E-state index is 11.9. The zero-order chi connectivity index (χ0) is 20.9. The quantitative estimate of drug-likeness (QED) is 0.562. The lowest BCUT2D eigenvalue weighted by Gasteiger charge is -2.21. The predicted octanol–water partition coefficient (Wildman–Crippen LogP) is 5.36. The number of ether oxygens (including phenoxy) is 2. The first-order chi connectivity index (χ1) is 13.8. The highest BCUT2D eigenvalue weighted by Crippen LogP contribution is 2.32. The Hall–Kier alpha value is -2.85. The van der Waals surface area contributed by atoms with Crippen molar-refractivity contribution in [3.63, 3.8) is 0 Å². The molecule has 3 rings (SSSR count). The topological polar surface area (TPSA) is 55.8 Å². The molecule has 4 nitrogen and oxygen atoms in total. The van der Waals surface area contributed by atoms with Crippen LogP contribution in [0, 0.1) is 0 Å². The van der Waals surface area contributed by atoms with Crippen molar-refractivity contribution in [1.29, 1.82) is 0 Å². The fraction of sp³-hybridized carbons (Fsp3) is 0.320. The van der Waals surface area contributed by atoms with Gasteiger partial charge in [-0.2, -0.15) is 0 Å². The van der Waals surface area contributed by atoms with Gasteiger partial charge in [0.25, 0.3) is 0 Å². The summed E-state index contributed by atoms with van der Waals surface area (Å²) in [7, 11) is 0. The molecule has 1 saturated heterocycles. The Labute approximate surface area is 172 Å². The summed E-state index contributed by atoms with van der Waals surface area (Å²) in [5.41, 5.74) is 5.18. The number of aromatic hydroxyl groups is 1. The minimum absolute atomic E-state index is 0.257. The van der Waals surface area contributed by atoms with Crippen molar-refractivity contribution in [2.75, 3.05) is 13.2 Å². The zero-order valence-corrected chi connectivity index (χ0v) is 17.3. The van der Waals surface area contributed by atoms with Gasteiger partial charge >= 0.3 is 5.97 Å². The average molecular weight is 392 g/mol. The molecule has 0 saturated carbocycles. The second kappa shape index (κ2) is 9.10. The molecule has 0 bridgehead atoms. The molecule has 1 N–H and O–H groups in total. The maximum atomic E-state index is 11.9. The van der Waals surface area contributed by atoms with Crippen LogP contribution in [-0.2, 0) is 14.3 Å². The van der Waals surface area contributed by atoms with E-state index in [4.69, 9.17) is 9.47 Å². The lowest BCUT2D eigenvalue weighted by molar-refractivity contribution is -0.148. The van der Waals surface area contributed by atoms with E-state index in [2.05, 4.69) is 12.1 Å². The van der Waals surface area contributed by atoms with Gasteiger partial charge in [-0.15, -0.1) is 0 Å². The van der Waals surface area contributed by atoms with E-state index in [-0.39, 0.29) is 11.7 Å². The molecule has 1 aliphatic rings. The van der Waals surface area contributed by atoms with Crippen LogP contribution in [0.2, 0.25) is 0 Å². The van der Waals surface area contributed by atoms with Gasteiger partial charge in [-0.05, 0) is 74.1 Å². The molecule has 0 amide bonds. The van der Waals surface area contributed by atoms with Crippen LogP contribution < -0.4 is 0 Å². The van der Waals surface area contributed by atoms with Crippen LogP contribution in [0.1, 0.15) is 50.3 Å². The molecule has 1 aliphatic heterocycles. The van der Waals surface area contributed by atoms with Gasteiger partial charge in [0.1, 0.15) is 11.4 Å². The SMILES string of the molecule is CC(C)(C)OC(=O)/C=C/c1ccc(C(=C2CCOCC2)c2ccc(O)cc2)cc1. The molecule has 29 heavy (non-hydrogen) atoms. The Bertz CT molecular complexity index is 889. The monoisotopic (exact) mass is 392 g/mol. The minimum atomic E-state index is -0.500. The first-order valence-corrected chi connectivity index (χ1v) is 9.92. The van der Waals surface area contributed by atoms with Crippen molar-refractivity contribution in [1.82, 2.24) is 0 Å². The van der Waals surface area contributed by atoms with E-state index in [0.717, 1.165) is 42.7 Å². The number of phenolic OH excluding ortho intramolecular Hbond substituents is 1. The van der Waals surface area contributed by atoms with E-state index in [1.807, 2.05) is 45.0 Å². The Morgan fingerprint density at radius 3 is 2.07 bits per heavy atom. The molecule has 0 aromatic heterocycles. The van der Waals surface area contributed by atoms with Gasteiger partial charge in [-0.25, -0.2) is 4.79 Å². The number of phenols is 1. The van der Waals surface area contributed by atoms with E-state index in [1.165, 1.54) is 17.2 Å². The first kappa shape index (κ1) is 20.9. The molecule has 0 spiro atoms. The molecule has 1 heterocycles. The fourth-order valence-corrected chi connectivity index (χ4v) is 3.33. The van der Waals surface area contributed by atoms with Crippen LogP contribution in [0.5, 0.6) is 5.75 Å². The average Bonchev–Trinajstić information content (AvgIpc) is 2.69. The van der Waals surface area contributed by atoms with Crippen LogP contribution in [0.15, 0.2) is 60.2 Å². The Kier molecular flexibility index (Phi) is 6.55. The number of esters is 1. The number of carbonyl (C=O) groups excluding carboxylic acids is 1. The molecule has 0 radical (unpaired) electrons. The van der Waals surface area contributed by atoms with Gasteiger partial charge in [-0.3, -0.25) is 0 Å². The first-order valence-electron chi connectivity index (χ1n) is 9.92. The molecular weight excluding hydrogens is 364 g/mol. The highest BCUT2D eigenvalue weighted by Gasteiger charge is 2.16. The number of carbonyl (C=O) groups is 1. The molecule has 0 aliphatic carbocycles. The van der Waals surface area contributed by atoms with Crippen LogP contribution in [-0.4, -0.2) is 29.9 Å². The number of benzene rings is 2. The lowest BCUT2D eigenvalue weighted by Crippen LogP contribution is -2.22. The summed E-state index contributed by atoms with van der Waals surface area (Å²) in [6.07, 6.45) is 5.02. The summed E-state index contributed by atoms with van der Waals surface area (Å²) in [6.45, 7) is 7.01. The van der Waals surface area contributed by atoms with Crippen molar-refractivity contribution >= 4 is 17.6 Å². The number of hydrogen-bond donors (Lipinski definition) is 1. The zero-order valence-electron chi connectivity index (χ0n) is 17.3. The number of rotatable bonds is 4. The van der Waals surface area contributed by atoms with Crippen LogP contribution >= 0.6 is 0 Å². The van der Waals surface area contributed by atoms with Crippen molar-refractivity contribution in [3.8, 4) is 5.75 Å². The summed E-state index contributed by atoms with van der Waals surface area (Å²) in [5.74, 6) is -0.0941. The molecule has 152 valence electrons. The normalized spacial score (nSPS) is 14.8. The lowest BCUT2D eigenvalue weighted by atomic mass is 9.89. The maximum Gasteiger partial charge on any atom is 0.331 e. The Morgan fingerprint density at radius 2 is 1.52 bits per heavy atom. The second-order valence-electron chi connectivity index (χ2n) is 8.13. The summed E-state index contributed by atoms with van der Waals surface area (Å²) in [6, 6.07) is 15.5. The van der Waals surface area contributed by atoms with Gasteiger partial charge in [0.05, 0.1) is 13.2 Å². The van der Waals surface area contributed by atoms with Gasteiger partial charge < -0.3 is 14.6 Å². The van der Waals surface area contributed by atoms with E-state index >= 15 is 0 Å².